The highest BCUT2D eigenvalue weighted by atomic mass is 19.5. The molecule has 1 N–H and O–H groups in total. The fourth-order valence-corrected chi connectivity index (χ4v) is 2.73. The minimum atomic E-state index is -6.00. The molecule has 4 nitrogen and oxygen atoms in total. The Morgan fingerprint density at radius 3 is 2.17 bits per heavy atom. The summed E-state index contributed by atoms with van der Waals surface area (Å²) in [6.45, 7) is 5.29. The van der Waals surface area contributed by atoms with E-state index in [1.54, 1.807) is 14.2 Å². The van der Waals surface area contributed by atoms with E-state index >= 15 is 0 Å². The first-order chi connectivity index (χ1) is 14.1. The normalized spacial score (nSPS) is 12.0. The predicted octanol–water partition coefficient (Wildman–Crippen LogP) is 4.05. The summed E-state index contributed by atoms with van der Waals surface area (Å²) in [6.07, 6.45) is 0. The summed E-state index contributed by atoms with van der Waals surface area (Å²) in [5.74, 6) is 2.72. The van der Waals surface area contributed by atoms with E-state index in [9.17, 15) is 17.3 Å². The van der Waals surface area contributed by atoms with Crippen molar-refractivity contribution in [2.24, 2.45) is 5.92 Å². The van der Waals surface area contributed by atoms with Crippen LogP contribution < -0.4 is 19.8 Å². The maximum absolute atomic E-state index is 9.75. The van der Waals surface area contributed by atoms with Crippen LogP contribution >= 0.6 is 0 Å². The van der Waals surface area contributed by atoms with E-state index in [1.165, 1.54) is 0 Å². The number of halogens is 4. The molecule has 0 fully saturated rings. The molecule has 1 heterocycles. The lowest BCUT2D eigenvalue weighted by Crippen LogP contribution is -2.77. The third-order valence-corrected chi connectivity index (χ3v) is 4.04. The average molecular weight is 425 g/mol. The minimum absolute atomic E-state index is 0.556. The molecule has 0 atom stereocenters. The van der Waals surface area contributed by atoms with Crippen molar-refractivity contribution in [1.82, 2.24) is 0 Å². The van der Waals surface area contributed by atoms with E-state index in [2.05, 4.69) is 24.9 Å². The highest BCUT2D eigenvalue weighted by Crippen LogP contribution is 2.32. The second-order valence-corrected chi connectivity index (χ2v) is 6.86. The standard InChI is InChI=1S/C21H23NO3.BF4/c1-14(2)13-22-17-12-20(25-18-8-6-5-7-16(17)18)15-9-10-19(23-3)21(11-15)24-4;2-1(3,4)5/h5-12,14H,13H2,1-4H3;/q;-1/p+1. The summed E-state index contributed by atoms with van der Waals surface area (Å²) >= 11 is 0. The first-order valence-electron chi connectivity index (χ1n) is 9.32. The van der Waals surface area contributed by atoms with Gasteiger partial charge in [-0.3, -0.25) is 0 Å². The number of benzene rings is 2. The summed E-state index contributed by atoms with van der Waals surface area (Å²) in [7, 11) is -2.74. The Kier molecular flexibility index (Phi) is 7.91. The fourth-order valence-electron chi connectivity index (χ4n) is 2.73. The van der Waals surface area contributed by atoms with Crippen LogP contribution in [0.5, 0.6) is 11.5 Å². The van der Waals surface area contributed by atoms with E-state index in [0.717, 1.165) is 34.2 Å². The Morgan fingerprint density at radius 2 is 1.57 bits per heavy atom. The zero-order chi connectivity index (χ0) is 22.3. The van der Waals surface area contributed by atoms with Crippen LogP contribution in [0, 0.1) is 5.92 Å². The Balaban J connectivity index is 0.000000575. The van der Waals surface area contributed by atoms with Gasteiger partial charge in [0, 0.05) is 11.5 Å². The monoisotopic (exact) mass is 425 g/mol. The van der Waals surface area contributed by atoms with Gasteiger partial charge in [0.2, 0.25) is 5.36 Å². The van der Waals surface area contributed by atoms with Crippen molar-refractivity contribution in [3.05, 3.63) is 53.9 Å². The first-order valence-corrected chi connectivity index (χ1v) is 9.32. The van der Waals surface area contributed by atoms with E-state index in [0.29, 0.717) is 17.4 Å². The Morgan fingerprint density at radius 1 is 0.933 bits per heavy atom. The second-order valence-electron chi connectivity index (χ2n) is 6.86. The van der Waals surface area contributed by atoms with Gasteiger partial charge in [0.1, 0.15) is 17.9 Å². The lowest BCUT2D eigenvalue weighted by molar-refractivity contribution is -0.505. The van der Waals surface area contributed by atoms with Gasteiger partial charge in [-0.2, -0.15) is 0 Å². The van der Waals surface area contributed by atoms with E-state index in [1.807, 2.05) is 42.5 Å². The van der Waals surface area contributed by atoms with Gasteiger partial charge in [-0.15, -0.1) is 0 Å². The second kappa shape index (κ2) is 10.2. The molecule has 9 heteroatoms. The lowest BCUT2D eigenvalue weighted by Gasteiger charge is -2.09. The number of nitrogens with one attached hydrogen (secondary N) is 1. The van der Waals surface area contributed by atoms with Crippen LogP contribution in [-0.4, -0.2) is 28.0 Å². The van der Waals surface area contributed by atoms with Crippen LogP contribution in [0.25, 0.3) is 22.3 Å². The molecule has 0 radical (unpaired) electrons. The molecular formula is C21H24BF4NO3. The van der Waals surface area contributed by atoms with Gasteiger partial charge < -0.3 is 31.2 Å². The molecule has 0 aliphatic heterocycles. The molecule has 1 aromatic heterocycles. The Bertz CT molecular complexity index is 1040. The number of methoxy groups -OCH3 is 2. The van der Waals surface area contributed by atoms with E-state index in [4.69, 9.17) is 13.9 Å². The fraction of sp³-hybridized carbons (Fsp3) is 0.286. The predicted molar refractivity (Wildman–Crippen MR) is 109 cm³/mol. The van der Waals surface area contributed by atoms with Crippen LogP contribution in [0.2, 0.25) is 0 Å². The molecular weight excluding hydrogens is 401 g/mol. The quantitative estimate of drug-likeness (QED) is 0.496. The average Bonchev–Trinajstić information content (AvgIpc) is 2.70. The van der Waals surface area contributed by atoms with Crippen LogP contribution in [0.4, 0.5) is 17.3 Å². The van der Waals surface area contributed by atoms with Gasteiger partial charge in [0.25, 0.3) is 0 Å². The van der Waals surface area contributed by atoms with E-state index in [-0.39, 0.29) is 0 Å². The lowest BCUT2D eigenvalue weighted by atomic mass is 10.1. The number of ether oxygens (including phenoxy) is 2. The van der Waals surface area contributed by atoms with Crippen LogP contribution in [0.3, 0.4) is 0 Å². The third-order valence-electron chi connectivity index (χ3n) is 4.04. The summed E-state index contributed by atoms with van der Waals surface area (Å²) in [4.78, 5) is 3.53. The smallest absolute Gasteiger partial charge is 0.493 e. The van der Waals surface area contributed by atoms with Crippen LogP contribution in [-0.2, 0) is 0 Å². The molecule has 3 aromatic rings. The highest BCUT2D eigenvalue weighted by Gasteiger charge is 2.20. The molecule has 0 unspecified atom stereocenters. The molecule has 0 aliphatic carbocycles. The van der Waals surface area contributed by atoms with Gasteiger partial charge in [-0.05, 0) is 30.3 Å². The van der Waals surface area contributed by atoms with Gasteiger partial charge in [-0.1, -0.05) is 26.0 Å². The van der Waals surface area contributed by atoms with Crippen molar-refractivity contribution in [2.75, 3.05) is 20.8 Å². The van der Waals surface area contributed by atoms with Crippen LogP contribution in [0.15, 0.2) is 52.9 Å². The zero-order valence-corrected chi connectivity index (χ0v) is 17.2. The largest absolute Gasteiger partial charge is 0.673 e. The molecule has 0 aliphatic rings. The van der Waals surface area contributed by atoms with Crippen LogP contribution in [0.1, 0.15) is 13.8 Å². The maximum Gasteiger partial charge on any atom is 0.673 e. The molecule has 30 heavy (non-hydrogen) atoms. The van der Waals surface area contributed by atoms with Gasteiger partial charge in [-0.25, -0.2) is 4.99 Å². The van der Waals surface area contributed by atoms with Crippen molar-refractivity contribution >= 4 is 18.2 Å². The molecule has 0 saturated heterocycles. The molecule has 0 saturated carbocycles. The first kappa shape index (κ1) is 23.3. The summed E-state index contributed by atoms with van der Waals surface area (Å²) in [6, 6.07) is 15.9. The van der Waals surface area contributed by atoms with Gasteiger partial charge >= 0.3 is 7.25 Å². The van der Waals surface area contributed by atoms with Crippen molar-refractivity contribution in [1.29, 1.82) is 0 Å². The number of hydrogen-bond donors (Lipinski definition) is 1. The van der Waals surface area contributed by atoms with Crippen molar-refractivity contribution in [3.63, 3.8) is 0 Å². The topological polar surface area (TPSA) is 45.6 Å². The Labute approximate surface area is 172 Å². The molecule has 2 aromatic carbocycles. The summed E-state index contributed by atoms with van der Waals surface area (Å²) in [5, 5.41) is 2.15. The number of hydrogen-bond acceptors (Lipinski definition) is 3. The Hall–Kier alpha value is -2.97. The molecule has 0 bridgehead atoms. The van der Waals surface area contributed by atoms with Gasteiger partial charge in [0.15, 0.2) is 11.5 Å². The zero-order valence-electron chi connectivity index (χ0n) is 17.2. The van der Waals surface area contributed by atoms with Crippen molar-refractivity contribution in [3.8, 4) is 22.8 Å². The molecule has 0 spiro atoms. The summed E-state index contributed by atoms with van der Waals surface area (Å²) in [5.41, 5.74) is 1.79. The third kappa shape index (κ3) is 6.82. The number of para-hydroxylation sites is 1. The molecule has 3 rings (SSSR count). The SMILES string of the molecule is COc1ccc(-c2cc(=[NH+]CC(C)C)c3ccccc3o2)cc1OC.F[B-](F)(F)F. The molecule has 162 valence electrons. The molecule has 0 amide bonds. The van der Waals surface area contributed by atoms with E-state index < -0.39 is 7.25 Å². The van der Waals surface area contributed by atoms with Crippen molar-refractivity contribution < 1.29 is 36.1 Å². The highest BCUT2D eigenvalue weighted by molar-refractivity contribution is 6.50. The van der Waals surface area contributed by atoms with Gasteiger partial charge in [0.05, 0.1) is 25.7 Å². The number of rotatable bonds is 5. The summed E-state index contributed by atoms with van der Waals surface area (Å²) < 4.78 is 55.9. The van der Waals surface area contributed by atoms with Crippen molar-refractivity contribution in [2.45, 2.75) is 13.8 Å². The minimum Gasteiger partial charge on any atom is -0.493 e. The number of fused-ring (bicyclic) bond motifs is 1. The maximum atomic E-state index is 9.75.